The number of carboxylic acid groups (broad SMARTS) is 1. The molecule has 0 atom stereocenters. The SMILES string of the molecule is C=C(C)CN(C)C(=O)N1CCC(C(=O)O)CC1. The molecule has 0 saturated carbocycles. The number of hydrogen-bond donors (Lipinski definition) is 1. The Morgan fingerprint density at radius 2 is 1.94 bits per heavy atom. The van der Waals surface area contributed by atoms with E-state index < -0.39 is 5.97 Å². The number of urea groups is 1. The number of hydrogen-bond acceptors (Lipinski definition) is 2. The number of carbonyl (C=O) groups is 2. The number of nitrogens with zero attached hydrogens (tertiary/aromatic N) is 2. The number of piperidine rings is 1. The van der Waals surface area contributed by atoms with Crippen LogP contribution >= 0.6 is 0 Å². The Hall–Kier alpha value is -1.52. The van der Waals surface area contributed by atoms with Crippen LogP contribution in [-0.2, 0) is 4.79 Å². The second kappa shape index (κ2) is 5.70. The molecule has 0 aliphatic carbocycles. The summed E-state index contributed by atoms with van der Waals surface area (Å²) in [6.45, 7) is 7.23. The average Bonchev–Trinajstić information content (AvgIpc) is 2.27. The van der Waals surface area contributed by atoms with E-state index in [1.807, 2.05) is 6.92 Å². The lowest BCUT2D eigenvalue weighted by Crippen LogP contribution is -2.46. The molecule has 2 amide bonds. The fourth-order valence-electron chi connectivity index (χ4n) is 2.03. The van der Waals surface area contributed by atoms with Gasteiger partial charge in [0.2, 0.25) is 0 Å². The van der Waals surface area contributed by atoms with Gasteiger partial charge in [-0.3, -0.25) is 4.79 Å². The van der Waals surface area contributed by atoms with E-state index in [0.29, 0.717) is 32.5 Å². The van der Waals surface area contributed by atoms with Gasteiger partial charge in [-0.2, -0.15) is 0 Å². The molecule has 5 nitrogen and oxygen atoms in total. The monoisotopic (exact) mass is 240 g/mol. The van der Waals surface area contributed by atoms with Crippen molar-refractivity contribution >= 4 is 12.0 Å². The minimum atomic E-state index is -0.757. The lowest BCUT2D eigenvalue weighted by Gasteiger charge is -2.33. The van der Waals surface area contributed by atoms with Gasteiger partial charge in [-0.05, 0) is 19.8 Å². The zero-order chi connectivity index (χ0) is 13.0. The molecule has 0 spiro atoms. The van der Waals surface area contributed by atoms with Crippen LogP contribution in [0.4, 0.5) is 4.79 Å². The minimum Gasteiger partial charge on any atom is -0.481 e. The summed E-state index contributed by atoms with van der Waals surface area (Å²) in [4.78, 5) is 26.1. The van der Waals surface area contributed by atoms with Gasteiger partial charge in [-0.1, -0.05) is 12.2 Å². The van der Waals surface area contributed by atoms with E-state index in [-0.39, 0.29) is 11.9 Å². The van der Waals surface area contributed by atoms with Crippen molar-refractivity contribution in [2.24, 2.45) is 5.92 Å². The van der Waals surface area contributed by atoms with Crippen LogP contribution in [0.5, 0.6) is 0 Å². The van der Waals surface area contributed by atoms with E-state index in [2.05, 4.69) is 6.58 Å². The van der Waals surface area contributed by atoms with E-state index in [1.54, 1.807) is 16.8 Å². The summed E-state index contributed by atoms with van der Waals surface area (Å²) < 4.78 is 0. The van der Waals surface area contributed by atoms with Gasteiger partial charge < -0.3 is 14.9 Å². The Balaban J connectivity index is 2.45. The number of likely N-dealkylation sites (tertiary alicyclic amines) is 1. The van der Waals surface area contributed by atoms with Crippen molar-refractivity contribution in [2.45, 2.75) is 19.8 Å². The van der Waals surface area contributed by atoms with Crippen LogP contribution in [0.25, 0.3) is 0 Å². The van der Waals surface area contributed by atoms with Gasteiger partial charge in [0, 0.05) is 26.7 Å². The predicted octanol–water partition coefficient (Wildman–Crippen LogP) is 1.41. The summed E-state index contributed by atoms with van der Waals surface area (Å²) in [5.41, 5.74) is 0.932. The van der Waals surface area contributed by atoms with Crippen LogP contribution < -0.4 is 0 Å². The molecular weight excluding hydrogens is 220 g/mol. The molecule has 1 aliphatic heterocycles. The van der Waals surface area contributed by atoms with Crippen LogP contribution in [0.15, 0.2) is 12.2 Å². The molecule has 17 heavy (non-hydrogen) atoms. The first-order valence-electron chi connectivity index (χ1n) is 5.79. The molecule has 0 radical (unpaired) electrons. The van der Waals surface area contributed by atoms with Crippen molar-refractivity contribution in [3.63, 3.8) is 0 Å². The van der Waals surface area contributed by atoms with Gasteiger partial charge in [0.25, 0.3) is 0 Å². The second-order valence-corrected chi connectivity index (χ2v) is 4.70. The number of likely N-dealkylation sites (N-methyl/N-ethyl adjacent to an activating group) is 1. The number of aliphatic carboxylic acids is 1. The first-order chi connectivity index (χ1) is 7.91. The fourth-order valence-corrected chi connectivity index (χ4v) is 2.03. The van der Waals surface area contributed by atoms with Crippen LogP contribution in [-0.4, -0.2) is 53.6 Å². The molecule has 0 aromatic rings. The van der Waals surface area contributed by atoms with Crippen molar-refractivity contribution in [1.82, 2.24) is 9.80 Å². The highest BCUT2D eigenvalue weighted by atomic mass is 16.4. The lowest BCUT2D eigenvalue weighted by molar-refractivity contribution is -0.143. The zero-order valence-electron chi connectivity index (χ0n) is 10.5. The summed E-state index contributed by atoms with van der Waals surface area (Å²) >= 11 is 0. The van der Waals surface area contributed by atoms with Crippen molar-refractivity contribution in [2.75, 3.05) is 26.7 Å². The van der Waals surface area contributed by atoms with Crippen molar-refractivity contribution in [1.29, 1.82) is 0 Å². The Morgan fingerprint density at radius 3 is 2.35 bits per heavy atom. The molecule has 5 heteroatoms. The highest BCUT2D eigenvalue weighted by molar-refractivity contribution is 5.75. The normalized spacial score (nSPS) is 16.7. The molecular formula is C12H20N2O3. The highest BCUT2D eigenvalue weighted by Gasteiger charge is 2.28. The van der Waals surface area contributed by atoms with Gasteiger partial charge in [0.15, 0.2) is 0 Å². The summed E-state index contributed by atoms with van der Waals surface area (Å²) in [7, 11) is 1.74. The number of amides is 2. The molecule has 1 fully saturated rings. The number of rotatable bonds is 3. The van der Waals surface area contributed by atoms with Gasteiger partial charge in [0.1, 0.15) is 0 Å². The average molecular weight is 240 g/mol. The molecule has 1 N–H and O–H groups in total. The Morgan fingerprint density at radius 1 is 1.41 bits per heavy atom. The van der Waals surface area contributed by atoms with E-state index in [0.717, 1.165) is 5.57 Å². The Bertz CT molecular complexity index is 320. The van der Waals surface area contributed by atoms with E-state index in [4.69, 9.17) is 5.11 Å². The maximum Gasteiger partial charge on any atom is 0.320 e. The van der Waals surface area contributed by atoms with Crippen LogP contribution in [0.3, 0.4) is 0 Å². The Labute approximate surface area is 102 Å². The molecule has 0 aromatic carbocycles. The van der Waals surface area contributed by atoms with Crippen molar-refractivity contribution in [3.05, 3.63) is 12.2 Å². The zero-order valence-corrected chi connectivity index (χ0v) is 10.5. The molecule has 1 saturated heterocycles. The molecule has 0 bridgehead atoms. The summed E-state index contributed by atoms with van der Waals surface area (Å²) in [5.74, 6) is -1.06. The molecule has 0 aromatic heterocycles. The number of carboxylic acids is 1. The second-order valence-electron chi connectivity index (χ2n) is 4.70. The Kier molecular flexibility index (Phi) is 4.54. The van der Waals surface area contributed by atoms with Crippen molar-refractivity contribution in [3.8, 4) is 0 Å². The highest BCUT2D eigenvalue weighted by Crippen LogP contribution is 2.18. The van der Waals surface area contributed by atoms with Crippen LogP contribution in [0, 0.1) is 5.92 Å². The van der Waals surface area contributed by atoms with Gasteiger partial charge in [0.05, 0.1) is 5.92 Å². The van der Waals surface area contributed by atoms with Crippen LogP contribution in [0.1, 0.15) is 19.8 Å². The lowest BCUT2D eigenvalue weighted by atomic mass is 9.97. The van der Waals surface area contributed by atoms with Gasteiger partial charge in [-0.15, -0.1) is 0 Å². The topological polar surface area (TPSA) is 60.9 Å². The summed E-state index contributed by atoms with van der Waals surface area (Å²) in [6, 6.07) is -0.0446. The van der Waals surface area contributed by atoms with E-state index in [1.165, 1.54) is 0 Å². The molecule has 1 heterocycles. The van der Waals surface area contributed by atoms with Gasteiger partial charge >= 0.3 is 12.0 Å². The molecule has 0 unspecified atom stereocenters. The molecule has 1 aliphatic rings. The predicted molar refractivity (Wildman–Crippen MR) is 64.8 cm³/mol. The third-order valence-corrected chi connectivity index (χ3v) is 2.95. The van der Waals surface area contributed by atoms with E-state index in [9.17, 15) is 9.59 Å². The van der Waals surface area contributed by atoms with Crippen molar-refractivity contribution < 1.29 is 14.7 Å². The standard InChI is InChI=1S/C12H20N2O3/c1-9(2)8-13(3)12(17)14-6-4-10(5-7-14)11(15)16/h10H,1,4-8H2,2-3H3,(H,15,16). The maximum atomic E-state index is 12.0. The first-order valence-corrected chi connectivity index (χ1v) is 5.79. The molecule has 1 rings (SSSR count). The number of carbonyl (C=O) groups excluding carboxylic acids is 1. The molecule has 96 valence electrons. The van der Waals surface area contributed by atoms with E-state index >= 15 is 0 Å². The summed E-state index contributed by atoms with van der Waals surface area (Å²) in [6.07, 6.45) is 1.09. The third kappa shape index (κ3) is 3.76. The first kappa shape index (κ1) is 13.5. The largest absolute Gasteiger partial charge is 0.481 e. The quantitative estimate of drug-likeness (QED) is 0.759. The van der Waals surface area contributed by atoms with Crippen LogP contribution in [0.2, 0.25) is 0 Å². The van der Waals surface area contributed by atoms with Gasteiger partial charge in [-0.25, -0.2) is 4.79 Å². The third-order valence-electron chi connectivity index (χ3n) is 2.95. The smallest absolute Gasteiger partial charge is 0.320 e. The summed E-state index contributed by atoms with van der Waals surface area (Å²) in [5, 5.41) is 8.87. The minimum absolute atomic E-state index is 0.0446. The maximum absolute atomic E-state index is 12.0. The fraction of sp³-hybridized carbons (Fsp3) is 0.667.